The van der Waals surface area contributed by atoms with Crippen LogP contribution < -0.4 is 9.80 Å². The number of benzene rings is 2. The van der Waals surface area contributed by atoms with Crippen LogP contribution in [0.4, 0.5) is 17.2 Å². The third kappa shape index (κ3) is 3.81. The molecule has 156 valence electrons. The average Bonchev–Trinajstić information content (AvgIpc) is 3.03. The number of nitrogens with zero attached hydrogens (tertiary/aromatic N) is 3. The fraction of sp³-hybridized carbons (Fsp3) is 0.370. The Balaban J connectivity index is 1.80. The summed E-state index contributed by atoms with van der Waals surface area (Å²) in [6.07, 6.45) is 1.87. The van der Waals surface area contributed by atoms with E-state index in [1.165, 1.54) is 33.6 Å². The minimum absolute atomic E-state index is 0.105. The largest absolute Gasteiger partial charge is 0.354 e. The van der Waals surface area contributed by atoms with Crippen molar-refractivity contribution in [3.05, 3.63) is 71.9 Å². The maximum atomic E-state index is 4.65. The highest BCUT2D eigenvalue weighted by Crippen LogP contribution is 2.40. The highest BCUT2D eigenvalue weighted by atomic mass is 15.4. The molecule has 0 fully saturated rings. The van der Waals surface area contributed by atoms with Crippen molar-refractivity contribution in [3.8, 4) is 11.1 Å². The van der Waals surface area contributed by atoms with Crippen molar-refractivity contribution in [2.75, 3.05) is 23.5 Å². The predicted octanol–water partition coefficient (Wildman–Crippen LogP) is 6.89. The Hall–Kier alpha value is -2.81. The smallest absolute Gasteiger partial charge is 0.158 e. The second kappa shape index (κ2) is 7.16. The minimum atomic E-state index is 0.105. The number of hydrogen-bond acceptors (Lipinski definition) is 3. The molecule has 2 aromatic carbocycles. The van der Waals surface area contributed by atoms with Gasteiger partial charge in [-0.1, -0.05) is 71.9 Å². The van der Waals surface area contributed by atoms with Gasteiger partial charge in [0.1, 0.15) is 0 Å². The first-order chi connectivity index (χ1) is 14.0. The van der Waals surface area contributed by atoms with Crippen LogP contribution in [0.2, 0.25) is 0 Å². The summed E-state index contributed by atoms with van der Waals surface area (Å²) in [5.74, 6) is 1.02. The van der Waals surface area contributed by atoms with Gasteiger partial charge in [0.05, 0.1) is 12.4 Å². The first-order valence-electron chi connectivity index (χ1n) is 10.7. The maximum Gasteiger partial charge on any atom is 0.158 e. The summed E-state index contributed by atoms with van der Waals surface area (Å²) < 4.78 is 0. The molecule has 30 heavy (non-hydrogen) atoms. The topological polar surface area (TPSA) is 19.4 Å². The molecule has 2 heterocycles. The van der Waals surface area contributed by atoms with Crippen LogP contribution in [0.5, 0.6) is 0 Å². The van der Waals surface area contributed by atoms with E-state index in [0.717, 1.165) is 12.5 Å². The van der Waals surface area contributed by atoms with Crippen molar-refractivity contribution in [1.82, 2.24) is 4.98 Å². The first-order valence-corrected chi connectivity index (χ1v) is 10.7. The first kappa shape index (κ1) is 20.5. The van der Waals surface area contributed by atoms with E-state index in [4.69, 9.17) is 0 Å². The Bertz CT molecular complexity index is 1040. The van der Waals surface area contributed by atoms with E-state index < -0.39 is 0 Å². The van der Waals surface area contributed by atoms with Crippen molar-refractivity contribution in [1.29, 1.82) is 0 Å². The van der Waals surface area contributed by atoms with Gasteiger partial charge in [-0.05, 0) is 57.3 Å². The van der Waals surface area contributed by atoms with Gasteiger partial charge < -0.3 is 9.80 Å². The average molecular weight is 400 g/mol. The van der Waals surface area contributed by atoms with E-state index in [1.54, 1.807) is 0 Å². The third-order valence-corrected chi connectivity index (χ3v) is 5.94. The summed E-state index contributed by atoms with van der Waals surface area (Å²) in [6.45, 7) is 14.5. The zero-order valence-corrected chi connectivity index (χ0v) is 19.3. The van der Waals surface area contributed by atoms with Crippen LogP contribution in [-0.4, -0.2) is 18.7 Å². The Labute approximate surface area is 181 Å². The van der Waals surface area contributed by atoms with Crippen LogP contribution in [0.3, 0.4) is 0 Å². The van der Waals surface area contributed by atoms with E-state index in [9.17, 15) is 0 Å². The molecule has 3 nitrogen and oxygen atoms in total. The summed E-state index contributed by atoms with van der Waals surface area (Å²) >= 11 is 0. The molecular formula is C27H33N3. The van der Waals surface area contributed by atoms with Gasteiger partial charge >= 0.3 is 0 Å². The van der Waals surface area contributed by atoms with E-state index in [-0.39, 0.29) is 10.8 Å². The van der Waals surface area contributed by atoms with Crippen molar-refractivity contribution in [2.45, 2.75) is 52.4 Å². The normalized spacial score (nSPS) is 14.2. The molecule has 0 aliphatic carbocycles. The Morgan fingerprint density at radius 1 is 0.767 bits per heavy atom. The number of anilines is 3. The summed E-state index contributed by atoms with van der Waals surface area (Å²) in [6, 6.07) is 20.1. The molecule has 1 aliphatic rings. The number of hydrogen-bond donors (Lipinski definition) is 0. The molecule has 0 N–H and O–H groups in total. The lowest BCUT2D eigenvalue weighted by Gasteiger charge is -2.26. The lowest BCUT2D eigenvalue weighted by molar-refractivity contribution is 0.569. The Morgan fingerprint density at radius 3 is 2.07 bits per heavy atom. The fourth-order valence-electron chi connectivity index (χ4n) is 3.97. The number of rotatable bonds is 2. The highest BCUT2D eigenvalue weighted by Gasteiger charge is 2.26. The van der Waals surface area contributed by atoms with Crippen molar-refractivity contribution in [3.63, 3.8) is 0 Å². The molecule has 0 atom stereocenters. The monoisotopic (exact) mass is 399 g/mol. The number of pyridine rings is 1. The molecule has 0 amide bonds. The van der Waals surface area contributed by atoms with Crippen LogP contribution in [0, 0.1) is 0 Å². The van der Waals surface area contributed by atoms with Crippen LogP contribution in [0.15, 0.2) is 60.8 Å². The zero-order chi connectivity index (χ0) is 21.7. The van der Waals surface area contributed by atoms with Crippen molar-refractivity contribution >= 4 is 17.2 Å². The van der Waals surface area contributed by atoms with Gasteiger partial charge in [0.25, 0.3) is 0 Å². The van der Waals surface area contributed by atoms with Gasteiger partial charge in [0.15, 0.2) is 5.82 Å². The van der Waals surface area contributed by atoms with Gasteiger partial charge in [-0.3, -0.25) is 0 Å². The van der Waals surface area contributed by atoms with Gasteiger partial charge in [-0.15, -0.1) is 0 Å². The molecule has 0 radical (unpaired) electrons. The third-order valence-electron chi connectivity index (χ3n) is 5.94. The summed E-state index contributed by atoms with van der Waals surface area (Å²) in [5, 5.41) is 0. The van der Waals surface area contributed by atoms with Crippen LogP contribution in [0.1, 0.15) is 52.7 Å². The molecule has 3 aromatic rings. The van der Waals surface area contributed by atoms with Crippen molar-refractivity contribution < 1.29 is 0 Å². The predicted molar refractivity (Wildman–Crippen MR) is 129 cm³/mol. The van der Waals surface area contributed by atoms with Crippen LogP contribution in [-0.2, 0) is 10.8 Å². The molecular weight excluding hydrogens is 366 g/mol. The van der Waals surface area contributed by atoms with Crippen LogP contribution >= 0.6 is 0 Å². The fourth-order valence-corrected chi connectivity index (χ4v) is 3.97. The second-order valence-corrected chi connectivity index (χ2v) is 10.5. The summed E-state index contributed by atoms with van der Waals surface area (Å²) in [4.78, 5) is 9.18. The Kier molecular flexibility index (Phi) is 4.88. The van der Waals surface area contributed by atoms with E-state index in [2.05, 4.69) is 112 Å². The SMILES string of the molecule is CN1CN(c2cccc(-c3cc(C(C)(C)C)cc(C(C)(C)C)c3)c2)c2ncccc21. The van der Waals surface area contributed by atoms with E-state index >= 15 is 0 Å². The van der Waals surface area contributed by atoms with Crippen LogP contribution in [0.25, 0.3) is 11.1 Å². The highest BCUT2D eigenvalue weighted by molar-refractivity contribution is 5.81. The number of fused-ring (bicyclic) bond motifs is 1. The zero-order valence-electron chi connectivity index (χ0n) is 19.3. The van der Waals surface area contributed by atoms with Gasteiger partial charge in [0, 0.05) is 18.9 Å². The lowest BCUT2D eigenvalue weighted by Crippen LogP contribution is -2.24. The number of aromatic nitrogens is 1. The molecule has 4 rings (SSSR count). The lowest BCUT2D eigenvalue weighted by atomic mass is 9.79. The van der Waals surface area contributed by atoms with Gasteiger partial charge in [-0.25, -0.2) is 4.98 Å². The Morgan fingerprint density at radius 2 is 1.43 bits per heavy atom. The standard InChI is InChI=1S/C27H33N3/c1-26(2,3)21-14-20(15-22(17-21)27(4,5)6)19-10-8-11-23(16-19)30-18-29(7)24-12-9-13-28-25(24)30/h8-17H,18H2,1-7H3. The summed E-state index contributed by atoms with van der Waals surface area (Å²) in [5.41, 5.74) is 7.84. The molecule has 0 unspecified atom stereocenters. The molecule has 0 saturated heterocycles. The molecule has 1 aromatic heterocycles. The molecule has 0 saturated carbocycles. The molecule has 0 bridgehead atoms. The van der Waals surface area contributed by atoms with Gasteiger partial charge in [0.2, 0.25) is 0 Å². The quantitative estimate of drug-likeness (QED) is 0.468. The molecule has 0 spiro atoms. The summed E-state index contributed by atoms with van der Waals surface area (Å²) in [7, 11) is 2.12. The molecule has 3 heteroatoms. The van der Waals surface area contributed by atoms with Gasteiger partial charge in [-0.2, -0.15) is 0 Å². The van der Waals surface area contributed by atoms with E-state index in [1.807, 2.05) is 12.3 Å². The van der Waals surface area contributed by atoms with E-state index in [0.29, 0.717) is 0 Å². The van der Waals surface area contributed by atoms with Crippen molar-refractivity contribution in [2.24, 2.45) is 0 Å². The maximum absolute atomic E-state index is 4.65. The second-order valence-electron chi connectivity index (χ2n) is 10.5. The molecule has 1 aliphatic heterocycles. The minimum Gasteiger partial charge on any atom is -0.354 e.